The summed E-state index contributed by atoms with van der Waals surface area (Å²) >= 11 is 0. The van der Waals surface area contributed by atoms with Gasteiger partial charge in [0.05, 0.1) is 11.7 Å². The third-order valence-corrected chi connectivity index (χ3v) is 6.09. The van der Waals surface area contributed by atoms with Crippen LogP contribution in [0.3, 0.4) is 0 Å². The van der Waals surface area contributed by atoms with Gasteiger partial charge in [0.2, 0.25) is 0 Å². The first-order chi connectivity index (χ1) is 15.4. The fourth-order valence-corrected chi connectivity index (χ4v) is 4.63. The molecule has 6 rings (SSSR count). The van der Waals surface area contributed by atoms with E-state index in [1.54, 1.807) is 0 Å². The van der Waals surface area contributed by atoms with Crippen molar-refractivity contribution in [2.45, 2.75) is 12.0 Å². The van der Waals surface area contributed by atoms with Crippen molar-refractivity contribution >= 4 is 11.4 Å². The monoisotopic (exact) mass is 399 g/mol. The molecule has 0 N–H and O–H groups in total. The van der Waals surface area contributed by atoms with Gasteiger partial charge in [0.1, 0.15) is 0 Å². The molecule has 2 unspecified atom stereocenters. The lowest BCUT2D eigenvalue weighted by Crippen LogP contribution is -2.28. The molecule has 2 aliphatic rings. The lowest BCUT2D eigenvalue weighted by Gasteiger charge is -2.28. The fraction of sp³-hybridized carbons (Fsp3) is 0.0714. The predicted octanol–water partition coefficient (Wildman–Crippen LogP) is 6.54. The van der Waals surface area contributed by atoms with Crippen LogP contribution in [0.2, 0.25) is 0 Å². The van der Waals surface area contributed by atoms with E-state index in [4.69, 9.17) is 4.98 Å². The second kappa shape index (κ2) is 7.37. The van der Waals surface area contributed by atoms with E-state index in [9.17, 15) is 0 Å². The molecule has 2 heterocycles. The Balaban J connectivity index is 1.35. The van der Waals surface area contributed by atoms with Crippen LogP contribution in [-0.4, -0.2) is 16.0 Å². The largest absolute Gasteiger partial charge is 0.333 e. The van der Waals surface area contributed by atoms with E-state index in [1.165, 1.54) is 16.9 Å². The minimum absolute atomic E-state index is 0.311. The van der Waals surface area contributed by atoms with Gasteiger partial charge in [-0.15, -0.1) is 0 Å². The third-order valence-electron chi connectivity index (χ3n) is 6.09. The van der Waals surface area contributed by atoms with Gasteiger partial charge in [-0.2, -0.15) is 0 Å². The van der Waals surface area contributed by atoms with Gasteiger partial charge in [-0.3, -0.25) is 0 Å². The maximum absolute atomic E-state index is 4.80. The first-order valence-electron chi connectivity index (χ1n) is 10.6. The minimum atomic E-state index is 0.311. The van der Waals surface area contributed by atoms with Crippen molar-refractivity contribution in [3.05, 3.63) is 121 Å². The normalized spacial score (nSPS) is 18.6. The molecule has 31 heavy (non-hydrogen) atoms. The highest BCUT2D eigenvalue weighted by molar-refractivity contribution is 5.76. The maximum Gasteiger partial charge on any atom is 0.159 e. The number of para-hydroxylation sites is 1. The lowest BCUT2D eigenvalue weighted by atomic mass is 9.91. The van der Waals surface area contributed by atoms with E-state index in [2.05, 4.69) is 94.9 Å². The van der Waals surface area contributed by atoms with Crippen molar-refractivity contribution in [1.29, 1.82) is 0 Å². The van der Waals surface area contributed by atoms with Crippen LogP contribution in [0.1, 0.15) is 11.5 Å². The summed E-state index contributed by atoms with van der Waals surface area (Å²) in [5.41, 5.74) is 6.90. The summed E-state index contributed by atoms with van der Waals surface area (Å²) < 4.78 is 0. The summed E-state index contributed by atoms with van der Waals surface area (Å²) in [6.07, 6.45) is 10.7. The molecule has 1 aliphatic heterocycles. The van der Waals surface area contributed by atoms with Crippen molar-refractivity contribution in [1.82, 2.24) is 9.97 Å². The molecule has 0 amide bonds. The van der Waals surface area contributed by atoms with Crippen LogP contribution >= 0.6 is 0 Å². The average Bonchev–Trinajstić information content (AvgIpc) is 3.19. The number of anilines is 2. The van der Waals surface area contributed by atoms with Crippen molar-refractivity contribution < 1.29 is 0 Å². The Morgan fingerprint density at radius 2 is 1.45 bits per heavy atom. The summed E-state index contributed by atoms with van der Waals surface area (Å²) in [6, 6.07) is 29.8. The Bertz CT molecular complexity index is 1290. The highest BCUT2D eigenvalue weighted by atomic mass is 15.2. The summed E-state index contributed by atoms with van der Waals surface area (Å²) in [6.45, 7) is 0. The third kappa shape index (κ3) is 3.06. The smallest absolute Gasteiger partial charge is 0.159 e. The van der Waals surface area contributed by atoms with Crippen LogP contribution < -0.4 is 4.90 Å². The van der Waals surface area contributed by atoms with Gasteiger partial charge in [0.15, 0.2) is 5.82 Å². The van der Waals surface area contributed by atoms with Gasteiger partial charge in [-0.05, 0) is 42.0 Å². The molecule has 4 aromatic rings. The zero-order chi connectivity index (χ0) is 20.6. The number of hydrogen-bond acceptors (Lipinski definition) is 3. The molecule has 1 aliphatic carbocycles. The molecule has 148 valence electrons. The molecular formula is C28H21N3. The van der Waals surface area contributed by atoms with Crippen LogP contribution in [0.4, 0.5) is 11.4 Å². The fourth-order valence-electron chi connectivity index (χ4n) is 4.63. The summed E-state index contributed by atoms with van der Waals surface area (Å²) in [5.74, 6) is 1.14. The van der Waals surface area contributed by atoms with Gasteiger partial charge in [0.25, 0.3) is 0 Å². The van der Waals surface area contributed by atoms with Crippen molar-refractivity contribution in [3.8, 4) is 22.6 Å². The average molecular weight is 399 g/mol. The number of benzene rings is 3. The van der Waals surface area contributed by atoms with Crippen molar-refractivity contribution in [3.63, 3.8) is 0 Å². The number of aromatic nitrogens is 2. The lowest BCUT2D eigenvalue weighted by molar-refractivity contribution is 0.745. The zero-order valence-corrected chi connectivity index (χ0v) is 17.0. The Hall–Kier alpha value is -3.98. The molecule has 0 spiro atoms. The molecule has 3 nitrogen and oxygen atoms in total. The van der Waals surface area contributed by atoms with Crippen molar-refractivity contribution in [2.24, 2.45) is 0 Å². The molecule has 0 bridgehead atoms. The number of hydrogen-bond donors (Lipinski definition) is 0. The zero-order valence-electron chi connectivity index (χ0n) is 17.0. The van der Waals surface area contributed by atoms with Gasteiger partial charge in [-0.1, -0.05) is 72.8 Å². The summed E-state index contributed by atoms with van der Waals surface area (Å²) in [5, 5.41) is 0. The van der Waals surface area contributed by atoms with Crippen molar-refractivity contribution in [2.75, 3.05) is 4.90 Å². The first-order valence-corrected chi connectivity index (χ1v) is 10.6. The summed E-state index contributed by atoms with van der Waals surface area (Å²) in [7, 11) is 0. The van der Waals surface area contributed by atoms with E-state index >= 15 is 0 Å². The van der Waals surface area contributed by atoms with E-state index < -0.39 is 0 Å². The molecule has 2 atom stereocenters. The van der Waals surface area contributed by atoms with Crippen LogP contribution in [-0.2, 0) is 0 Å². The highest BCUT2D eigenvalue weighted by Crippen LogP contribution is 2.47. The summed E-state index contributed by atoms with van der Waals surface area (Å²) in [4.78, 5) is 11.8. The highest BCUT2D eigenvalue weighted by Gasteiger charge is 2.36. The van der Waals surface area contributed by atoms with Crippen LogP contribution in [0.5, 0.6) is 0 Å². The Morgan fingerprint density at radius 3 is 2.32 bits per heavy atom. The Kier molecular flexibility index (Phi) is 4.24. The first kappa shape index (κ1) is 17.8. The Morgan fingerprint density at radius 1 is 0.677 bits per heavy atom. The standard InChI is InChI=1S/C28H21N3/c1-2-8-20(9-3-1)25-18-19-29-28(30-25)21-14-16-22(17-15-21)31-26-12-6-4-10-23(26)24-11-5-7-13-27(24)31/h1-19,23,26H. The second-order valence-corrected chi connectivity index (χ2v) is 7.89. The number of rotatable bonds is 3. The topological polar surface area (TPSA) is 29.0 Å². The van der Waals surface area contributed by atoms with Crippen LogP contribution in [0, 0.1) is 0 Å². The van der Waals surface area contributed by atoms with Gasteiger partial charge >= 0.3 is 0 Å². The van der Waals surface area contributed by atoms with Gasteiger partial charge < -0.3 is 4.90 Å². The predicted molar refractivity (Wildman–Crippen MR) is 126 cm³/mol. The maximum atomic E-state index is 4.80. The molecule has 3 heteroatoms. The Labute approximate surface area is 182 Å². The minimum Gasteiger partial charge on any atom is -0.333 e. The molecule has 0 saturated heterocycles. The van der Waals surface area contributed by atoms with Gasteiger partial charge in [-0.25, -0.2) is 9.97 Å². The van der Waals surface area contributed by atoms with Gasteiger partial charge in [0, 0.05) is 34.6 Å². The molecule has 0 fully saturated rings. The van der Waals surface area contributed by atoms with E-state index in [1.807, 2.05) is 30.5 Å². The molecule has 1 aromatic heterocycles. The quantitative estimate of drug-likeness (QED) is 0.392. The molecule has 0 radical (unpaired) electrons. The molecule has 0 saturated carbocycles. The van der Waals surface area contributed by atoms with Crippen LogP contribution in [0.15, 0.2) is 115 Å². The molecule has 3 aromatic carbocycles. The van der Waals surface area contributed by atoms with E-state index in [0.29, 0.717) is 12.0 Å². The molecular weight excluding hydrogens is 378 g/mol. The number of nitrogens with zero attached hydrogens (tertiary/aromatic N) is 3. The SMILES string of the molecule is C1=CC2c3ccccc3N(c3ccc(-c4nccc(-c5ccccc5)n4)cc3)C2C=C1. The van der Waals surface area contributed by atoms with Crippen LogP contribution in [0.25, 0.3) is 22.6 Å². The number of fused-ring (bicyclic) bond motifs is 3. The second-order valence-electron chi connectivity index (χ2n) is 7.89. The number of allylic oxidation sites excluding steroid dienone is 2. The van der Waals surface area contributed by atoms with E-state index in [-0.39, 0.29) is 0 Å². The van der Waals surface area contributed by atoms with E-state index in [0.717, 1.165) is 22.6 Å².